The molecule has 1 aromatic heterocycles. The highest BCUT2D eigenvalue weighted by molar-refractivity contribution is 7.90. The highest BCUT2D eigenvalue weighted by Crippen LogP contribution is 2.04. The smallest absolute Gasteiger partial charge is 0.300 e. The van der Waals surface area contributed by atoms with E-state index in [2.05, 4.69) is 14.4 Å². The summed E-state index contributed by atoms with van der Waals surface area (Å²) in [5.41, 5.74) is 6.14. The van der Waals surface area contributed by atoms with Crippen LogP contribution in [0.25, 0.3) is 0 Å². The summed E-state index contributed by atoms with van der Waals surface area (Å²) in [6.07, 6.45) is 1.58. The maximum absolute atomic E-state index is 11.3. The Hall–Kier alpha value is -1.18. The van der Waals surface area contributed by atoms with Gasteiger partial charge in [0.25, 0.3) is 10.2 Å². The fourth-order valence-electron chi connectivity index (χ4n) is 0.895. The predicted molar refractivity (Wildman–Crippen MR) is 58.6 cm³/mol. The largest absolute Gasteiger partial charge is 0.329 e. The molecule has 0 atom stereocenters. The van der Waals surface area contributed by atoms with Gasteiger partial charge in [-0.1, -0.05) is 6.07 Å². The van der Waals surface area contributed by atoms with Gasteiger partial charge in [0.05, 0.1) is 0 Å². The van der Waals surface area contributed by atoms with Gasteiger partial charge in [-0.15, -0.1) is 0 Å². The zero-order valence-corrected chi connectivity index (χ0v) is 9.21. The first-order chi connectivity index (χ1) is 7.03. The summed E-state index contributed by atoms with van der Waals surface area (Å²) in [4.78, 5) is 3.91. The van der Waals surface area contributed by atoms with E-state index in [0.29, 0.717) is 0 Å². The molecule has 1 rings (SSSR count). The minimum Gasteiger partial charge on any atom is -0.329 e. The minimum absolute atomic E-state index is 0.196. The Morgan fingerprint density at radius 2 is 2.20 bits per heavy atom. The molecule has 1 heterocycles. The number of hydrogen-bond acceptors (Lipinski definition) is 4. The van der Waals surface area contributed by atoms with Crippen LogP contribution in [0, 0.1) is 6.92 Å². The lowest BCUT2D eigenvalue weighted by Gasteiger charge is -2.07. The van der Waals surface area contributed by atoms with Crippen LogP contribution in [0.15, 0.2) is 18.3 Å². The van der Waals surface area contributed by atoms with Crippen molar-refractivity contribution in [3.63, 3.8) is 0 Å². The molecule has 0 aliphatic rings. The molecule has 0 aliphatic heterocycles. The lowest BCUT2D eigenvalue weighted by atomic mass is 10.3. The van der Waals surface area contributed by atoms with Gasteiger partial charge in [0.15, 0.2) is 0 Å². The number of aryl methyl sites for hydroxylation is 1. The Bertz CT molecular complexity index is 401. The van der Waals surface area contributed by atoms with E-state index in [-0.39, 0.29) is 18.9 Å². The van der Waals surface area contributed by atoms with Gasteiger partial charge in [-0.25, -0.2) is 4.98 Å². The van der Waals surface area contributed by atoms with Gasteiger partial charge in [0.2, 0.25) is 0 Å². The Balaban J connectivity index is 2.65. The standard InChI is InChI=1S/C8H14N4O2S/c1-7-2-3-8(10-6-7)12-15(13,14)11-5-4-9/h2-3,6,11H,4-5,9H2,1H3,(H,10,12). The molecule has 0 aromatic carbocycles. The van der Waals surface area contributed by atoms with E-state index < -0.39 is 10.2 Å². The van der Waals surface area contributed by atoms with Gasteiger partial charge in [-0.3, -0.25) is 4.72 Å². The SMILES string of the molecule is Cc1ccc(NS(=O)(=O)NCCN)nc1. The molecule has 0 fully saturated rings. The van der Waals surface area contributed by atoms with Gasteiger partial charge in [0, 0.05) is 19.3 Å². The second-order valence-electron chi connectivity index (χ2n) is 3.01. The third-order valence-electron chi connectivity index (χ3n) is 1.59. The average molecular weight is 230 g/mol. The van der Waals surface area contributed by atoms with Crippen molar-refractivity contribution in [3.8, 4) is 0 Å². The van der Waals surface area contributed by atoms with E-state index in [4.69, 9.17) is 5.73 Å². The van der Waals surface area contributed by atoms with E-state index in [0.717, 1.165) is 5.56 Å². The summed E-state index contributed by atoms with van der Waals surface area (Å²) in [6, 6.07) is 3.37. The molecule has 0 spiro atoms. The van der Waals surface area contributed by atoms with Crippen LogP contribution in [0.4, 0.5) is 5.82 Å². The summed E-state index contributed by atoms with van der Waals surface area (Å²) in [7, 11) is -3.55. The second kappa shape index (κ2) is 5.06. The minimum atomic E-state index is -3.55. The Kier molecular flexibility index (Phi) is 4.01. The van der Waals surface area contributed by atoms with E-state index in [1.54, 1.807) is 18.3 Å². The van der Waals surface area contributed by atoms with Crippen LogP contribution in [0.3, 0.4) is 0 Å². The summed E-state index contributed by atoms with van der Waals surface area (Å²) in [5.74, 6) is 0.283. The van der Waals surface area contributed by atoms with E-state index in [9.17, 15) is 8.42 Å². The van der Waals surface area contributed by atoms with Gasteiger partial charge in [-0.05, 0) is 18.6 Å². The molecule has 84 valence electrons. The zero-order valence-electron chi connectivity index (χ0n) is 8.40. The van der Waals surface area contributed by atoms with Crippen molar-refractivity contribution in [2.24, 2.45) is 5.73 Å². The first kappa shape index (κ1) is 11.9. The molecule has 1 aromatic rings. The van der Waals surface area contributed by atoms with Crippen molar-refractivity contribution in [1.29, 1.82) is 0 Å². The fourth-order valence-corrected chi connectivity index (χ4v) is 1.75. The zero-order chi connectivity index (χ0) is 11.3. The van der Waals surface area contributed by atoms with Crippen LogP contribution in [0.1, 0.15) is 5.56 Å². The molecule has 0 amide bonds. The number of nitrogens with two attached hydrogens (primary N) is 1. The molecule has 0 aliphatic carbocycles. The summed E-state index contributed by atoms with van der Waals surface area (Å²) in [5, 5.41) is 0. The van der Waals surface area contributed by atoms with Crippen molar-refractivity contribution in [3.05, 3.63) is 23.9 Å². The number of hydrogen-bond donors (Lipinski definition) is 3. The lowest BCUT2D eigenvalue weighted by Crippen LogP contribution is -2.34. The fraction of sp³-hybridized carbons (Fsp3) is 0.375. The Morgan fingerprint density at radius 3 is 2.73 bits per heavy atom. The molecule has 4 N–H and O–H groups in total. The molecular formula is C8H14N4O2S. The highest BCUT2D eigenvalue weighted by atomic mass is 32.2. The van der Waals surface area contributed by atoms with Crippen molar-refractivity contribution in [2.45, 2.75) is 6.92 Å². The molecule has 0 bridgehead atoms. The van der Waals surface area contributed by atoms with E-state index >= 15 is 0 Å². The number of nitrogens with one attached hydrogen (secondary N) is 2. The van der Waals surface area contributed by atoms with Gasteiger partial charge >= 0.3 is 0 Å². The summed E-state index contributed by atoms with van der Waals surface area (Å²) >= 11 is 0. The topological polar surface area (TPSA) is 97.1 Å². The van der Waals surface area contributed by atoms with Crippen LogP contribution < -0.4 is 15.2 Å². The molecule has 0 radical (unpaired) electrons. The summed E-state index contributed by atoms with van der Waals surface area (Å²) in [6.45, 7) is 2.32. The predicted octanol–water partition coefficient (Wildman–Crippen LogP) is -0.405. The number of nitrogens with zero attached hydrogens (tertiary/aromatic N) is 1. The van der Waals surface area contributed by atoms with Gasteiger partial charge < -0.3 is 5.73 Å². The molecular weight excluding hydrogens is 216 g/mol. The van der Waals surface area contributed by atoms with E-state index in [1.807, 2.05) is 6.92 Å². The molecule has 15 heavy (non-hydrogen) atoms. The Labute approximate surface area is 89.1 Å². The van der Waals surface area contributed by atoms with Crippen molar-refractivity contribution < 1.29 is 8.42 Å². The quantitative estimate of drug-likeness (QED) is 0.641. The maximum atomic E-state index is 11.3. The van der Waals surface area contributed by atoms with Crippen LogP contribution in [-0.4, -0.2) is 26.5 Å². The third-order valence-corrected chi connectivity index (χ3v) is 2.65. The average Bonchev–Trinajstić information content (AvgIpc) is 2.18. The first-order valence-corrected chi connectivity index (χ1v) is 5.92. The number of aromatic nitrogens is 1. The van der Waals surface area contributed by atoms with Crippen molar-refractivity contribution in [2.75, 3.05) is 17.8 Å². The van der Waals surface area contributed by atoms with Gasteiger partial charge in [-0.2, -0.15) is 13.1 Å². The molecule has 0 unspecified atom stereocenters. The summed E-state index contributed by atoms with van der Waals surface area (Å²) < 4.78 is 27.2. The molecule has 6 nitrogen and oxygen atoms in total. The normalized spacial score (nSPS) is 11.3. The van der Waals surface area contributed by atoms with Crippen LogP contribution in [0.5, 0.6) is 0 Å². The Morgan fingerprint density at radius 1 is 1.47 bits per heavy atom. The first-order valence-electron chi connectivity index (χ1n) is 4.43. The monoisotopic (exact) mass is 230 g/mol. The number of pyridine rings is 1. The van der Waals surface area contributed by atoms with E-state index in [1.165, 1.54) is 0 Å². The highest BCUT2D eigenvalue weighted by Gasteiger charge is 2.08. The second-order valence-corrected chi connectivity index (χ2v) is 4.51. The van der Waals surface area contributed by atoms with Crippen LogP contribution in [0.2, 0.25) is 0 Å². The molecule has 0 saturated carbocycles. The van der Waals surface area contributed by atoms with Crippen LogP contribution >= 0.6 is 0 Å². The number of rotatable bonds is 5. The van der Waals surface area contributed by atoms with Crippen molar-refractivity contribution >= 4 is 16.0 Å². The molecule has 0 saturated heterocycles. The third kappa shape index (κ3) is 4.24. The lowest BCUT2D eigenvalue weighted by molar-refractivity contribution is 0.587. The molecule has 7 heteroatoms. The van der Waals surface area contributed by atoms with Crippen LogP contribution in [-0.2, 0) is 10.2 Å². The van der Waals surface area contributed by atoms with Crippen molar-refractivity contribution in [1.82, 2.24) is 9.71 Å². The number of anilines is 1. The maximum Gasteiger partial charge on any atom is 0.300 e. The van der Waals surface area contributed by atoms with Gasteiger partial charge in [0.1, 0.15) is 5.82 Å².